The first kappa shape index (κ1) is 17.5. The smallest absolute Gasteiger partial charge is 0.232 e. The molecular formula is C19H25N3O3. The zero-order chi connectivity index (χ0) is 17.6. The van der Waals surface area contributed by atoms with Gasteiger partial charge in [0.1, 0.15) is 5.69 Å². The van der Waals surface area contributed by atoms with Crippen molar-refractivity contribution in [2.24, 2.45) is 0 Å². The van der Waals surface area contributed by atoms with Gasteiger partial charge in [0.05, 0.1) is 18.7 Å². The Labute approximate surface area is 148 Å². The van der Waals surface area contributed by atoms with Crippen molar-refractivity contribution in [3.63, 3.8) is 0 Å². The van der Waals surface area contributed by atoms with E-state index in [4.69, 9.17) is 9.26 Å². The van der Waals surface area contributed by atoms with Crippen LogP contribution in [0, 0.1) is 0 Å². The molecule has 1 aliphatic heterocycles. The number of rotatable bonds is 7. The number of methoxy groups -OCH3 is 1. The minimum atomic E-state index is 0.0182. The molecule has 2 heterocycles. The van der Waals surface area contributed by atoms with Crippen LogP contribution in [-0.2, 0) is 16.1 Å². The molecule has 0 unspecified atom stereocenters. The highest BCUT2D eigenvalue weighted by molar-refractivity contribution is 5.75. The number of nitrogens with zero attached hydrogens (tertiary/aromatic N) is 3. The first-order chi connectivity index (χ1) is 12.2. The van der Waals surface area contributed by atoms with Crippen LogP contribution in [0.3, 0.4) is 0 Å². The Balaban J connectivity index is 1.95. The first-order valence-corrected chi connectivity index (χ1v) is 8.74. The molecule has 25 heavy (non-hydrogen) atoms. The van der Waals surface area contributed by atoms with Crippen LogP contribution in [-0.4, -0.2) is 49.3 Å². The maximum absolute atomic E-state index is 12.1. The van der Waals surface area contributed by atoms with E-state index in [1.807, 2.05) is 30.3 Å². The second-order valence-electron chi connectivity index (χ2n) is 6.31. The molecule has 0 aliphatic carbocycles. The first-order valence-electron chi connectivity index (χ1n) is 8.74. The second kappa shape index (κ2) is 8.16. The Kier molecular flexibility index (Phi) is 5.71. The minimum absolute atomic E-state index is 0.0182. The van der Waals surface area contributed by atoms with Crippen LogP contribution >= 0.6 is 0 Å². The summed E-state index contributed by atoms with van der Waals surface area (Å²) in [5.41, 5.74) is 2.78. The minimum Gasteiger partial charge on any atom is -0.383 e. The maximum Gasteiger partial charge on any atom is 0.232 e. The molecule has 6 nitrogen and oxygen atoms in total. The summed E-state index contributed by atoms with van der Waals surface area (Å²) in [6.45, 7) is 5.04. The fraction of sp³-hybridized carbons (Fsp3) is 0.474. The quantitative estimate of drug-likeness (QED) is 0.774. The summed E-state index contributed by atoms with van der Waals surface area (Å²) in [7, 11) is 1.64. The summed E-state index contributed by atoms with van der Waals surface area (Å²) < 4.78 is 10.9. The Morgan fingerprint density at radius 3 is 2.64 bits per heavy atom. The van der Waals surface area contributed by atoms with E-state index in [0.29, 0.717) is 19.7 Å². The standard InChI is InChI=1S/C19H25N3O3/c1-15(23)22(12-13-24-2)14-17-18(16-8-4-3-5-9-16)20-25-19(17)21-10-6-7-11-21/h3-5,8-9H,6-7,10-14H2,1-2H3. The third-order valence-electron chi connectivity index (χ3n) is 4.57. The lowest BCUT2D eigenvalue weighted by Crippen LogP contribution is -2.32. The zero-order valence-corrected chi connectivity index (χ0v) is 14.9. The lowest BCUT2D eigenvalue weighted by molar-refractivity contribution is -0.130. The fourth-order valence-corrected chi connectivity index (χ4v) is 3.17. The molecule has 0 N–H and O–H groups in total. The van der Waals surface area contributed by atoms with Crippen LogP contribution in [0.2, 0.25) is 0 Å². The number of hydrogen-bond donors (Lipinski definition) is 0. The van der Waals surface area contributed by atoms with Gasteiger partial charge in [-0.1, -0.05) is 35.5 Å². The normalized spacial score (nSPS) is 14.1. The van der Waals surface area contributed by atoms with Gasteiger partial charge >= 0.3 is 0 Å². The number of carbonyl (C=O) groups excluding carboxylic acids is 1. The number of aromatic nitrogens is 1. The Morgan fingerprint density at radius 2 is 2.00 bits per heavy atom. The zero-order valence-electron chi connectivity index (χ0n) is 14.9. The SMILES string of the molecule is COCCN(Cc1c(-c2ccccc2)noc1N1CCCC1)C(C)=O. The molecule has 1 fully saturated rings. The third kappa shape index (κ3) is 4.02. The predicted molar refractivity (Wildman–Crippen MR) is 96.4 cm³/mol. The molecule has 0 saturated carbocycles. The number of benzene rings is 1. The third-order valence-corrected chi connectivity index (χ3v) is 4.57. The maximum atomic E-state index is 12.1. The molecule has 0 bridgehead atoms. The number of hydrogen-bond acceptors (Lipinski definition) is 5. The van der Waals surface area contributed by atoms with Gasteiger partial charge < -0.3 is 19.1 Å². The van der Waals surface area contributed by atoms with E-state index in [2.05, 4.69) is 10.1 Å². The second-order valence-corrected chi connectivity index (χ2v) is 6.31. The van der Waals surface area contributed by atoms with Crippen molar-refractivity contribution >= 4 is 11.8 Å². The largest absolute Gasteiger partial charge is 0.383 e. The molecule has 1 amide bonds. The van der Waals surface area contributed by atoms with Crippen molar-refractivity contribution in [1.82, 2.24) is 10.1 Å². The van der Waals surface area contributed by atoms with Gasteiger partial charge in [-0.05, 0) is 12.8 Å². The molecule has 0 spiro atoms. The van der Waals surface area contributed by atoms with Crippen molar-refractivity contribution < 1.29 is 14.1 Å². The number of carbonyl (C=O) groups is 1. The van der Waals surface area contributed by atoms with Crippen LogP contribution in [0.4, 0.5) is 5.88 Å². The van der Waals surface area contributed by atoms with Crippen LogP contribution < -0.4 is 4.90 Å². The van der Waals surface area contributed by atoms with E-state index in [1.54, 1.807) is 18.9 Å². The topological polar surface area (TPSA) is 58.8 Å². The van der Waals surface area contributed by atoms with Gasteiger partial charge in [-0.3, -0.25) is 4.79 Å². The van der Waals surface area contributed by atoms with E-state index in [0.717, 1.165) is 48.6 Å². The molecule has 1 aromatic carbocycles. The van der Waals surface area contributed by atoms with E-state index in [9.17, 15) is 4.79 Å². The van der Waals surface area contributed by atoms with Crippen LogP contribution in [0.25, 0.3) is 11.3 Å². The van der Waals surface area contributed by atoms with Gasteiger partial charge in [0, 0.05) is 39.2 Å². The molecule has 6 heteroatoms. The van der Waals surface area contributed by atoms with Gasteiger partial charge in [-0.25, -0.2) is 0 Å². The highest BCUT2D eigenvalue weighted by Crippen LogP contribution is 2.34. The highest BCUT2D eigenvalue weighted by atomic mass is 16.5. The summed E-state index contributed by atoms with van der Waals surface area (Å²) in [5, 5.41) is 4.34. The van der Waals surface area contributed by atoms with E-state index in [1.165, 1.54) is 0 Å². The molecule has 1 aliphatic rings. The van der Waals surface area contributed by atoms with Gasteiger partial charge in [-0.2, -0.15) is 0 Å². The number of anilines is 1. The van der Waals surface area contributed by atoms with Crippen molar-refractivity contribution in [2.45, 2.75) is 26.3 Å². The van der Waals surface area contributed by atoms with Crippen molar-refractivity contribution in [2.75, 3.05) is 38.3 Å². The number of ether oxygens (including phenoxy) is 1. The molecule has 134 valence electrons. The molecule has 1 aromatic heterocycles. The molecule has 1 saturated heterocycles. The monoisotopic (exact) mass is 343 g/mol. The van der Waals surface area contributed by atoms with Crippen LogP contribution in [0.1, 0.15) is 25.3 Å². The summed E-state index contributed by atoms with van der Waals surface area (Å²) in [4.78, 5) is 16.1. The van der Waals surface area contributed by atoms with Crippen molar-refractivity contribution in [3.05, 3.63) is 35.9 Å². The highest BCUT2D eigenvalue weighted by Gasteiger charge is 2.26. The van der Waals surface area contributed by atoms with Gasteiger partial charge in [-0.15, -0.1) is 0 Å². The summed E-state index contributed by atoms with van der Waals surface area (Å²) in [5.74, 6) is 0.810. The van der Waals surface area contributed by atoms with Crippen molar-refractivity contribution in [3.8, 4) is 11.3 Å². The van der Waals surface area contributed by atoms with E-state index < -0.39 is 0 Å². The van der Waals surface area contributed by atoms with Gasteiger partial charge in [0.2, 0.25) is 11.8 Å². The van der Waals surface area contributed by atoms with Crippen LogP contribution in [0.15, 0.2) is 34.9 Å². The summed E-state index contributed by atoms with van der Waals surface area (Å²) in [6, 6.07) is 9.98. The van der Waals surface area contributed by atoms with E-state index >= 15 is 0 Å². The predicted octanol–water partition coefficient (Wildman–Crippen LogP) is 2.94. The Morgan fingerprint density at radius 1 is 1.28 bits per heavy atom. The van der Waals surface area contributed by atoms with Crippen LogP contribution in [0.5, 0.6) is 0 Å². The van der Waals surface area contributed by atoms with E-state index in [-0.39, 0.29) is 5.91 Å². The summed E-state index contributed by atoms with van der Waals surface area (Å²) >= 11 is 0. The summed E-state index contributed by atoms with van der Waals surface area (Å²) in [6.07, 6.45) is 2.31. The molecule has 2 aromatic rings. The molecule has 0 radical (unpaired) electrons. The molecular weight excluding hydrogens is 318 g/mol. The Bertz CT molecular complexity index is 693. The molecule has 0 atom stereocenters. The lowest BCUT2D eigenvalue weighted by atomic mass is 10.1. The Hall–Kier alpha value is -2.34. The van der Waals surface area contributed by atoms with Gasteiger partial charge in [0.25, 0.3) is 0 Å². The lowest BCUT2D eigenvalue weighted by Gasteiger charge is -2.22. The average molecular weight is 343 g/mol. The number of amides is 1. The fourth-order valence-electron chi connectivity index (χ4n) is 3.17. The van der Waals surface area contributed by atoms with Gasteiger partial charge in [0.15, 0.2) is 0 Å². The average Bonchev–Trinajstić information content (AvgIpc) is 3.28. The molecule has 3 rings (SSSR count). The van der Waals surface area contributed by atoms with Crippen molar-refractivity contribution in [1.29, 1.82) is 0 Å².